The molecule has 0 aromatic carbocycles. The Morgan fingerprint density at radius 3 is 2.85 bits per heavy atom. The average molecular weight is 315 g/mol. The average Bonchev–Trinajstić information content (AvgIpc) is 2.95. The van der Waals surface area contributed by atoms with Crippen LogP contribution in [0.2, 0.25) is 0 Å². The number of aromatic nitrogens is 1. The van der Waals surface area contributed by atoms with Crippen molar-refractivity contribution in [2.24, 2.45) is 10.9 Å². The fourth-order valence-electron chi connectivity index (χ4n) is 1.72. The second-order valence-corrected chi connectivity index (χ2v) is 7.49. The normalized spacial score (nSPS) is 14.4. The van der Waals surface area contributed by atoms with E-state index in [1.807, 2.05) is 0 Å². The SMILES string of the molecule is CC(C)Cc1sc(N)nc1-c1ccc(P(=O)(O)N=O)o1. The van der Waals surface area contributed by atoms with Crippen LogP contribution in [0.4, 0.5) is 5.13 Å². The number of hydrogen-bond donors (Lipinski definition) is 2. The lowest BCUT2D eigenvalue weighted by molar-refractivity contribution is 0.477. The van der Waals surface area contributed by atoms with Crippen LogP contribution >= 0.6 is 18.9 Å². The standard InChI is InChI=1S/C11H14N3O4PS/c1-6(2)5-8-10(13-11(12)20-8)7-3-4-9(18-7)19(16,17)14-15/h3-4,6H,5H2,1-2H3,(H2,12,13)(H,16,17). The Balaban J connectivity index is 2.42. The molecule has 0 aliphatic heterocycles. The van der Waals surface area contributed by atoms with Gasteiger partial charge in [-0.15, -0.1) is 16.2 Å². The number of thiazole rings is 1. The maximum absolute atomic E-state index is 11.4. The highest BCUT2D eigenvalue weighted by Gasteiger charge is 2.28. The molecule has 7 nitrogen and oxygen atoms in total. The summed E-state index contributed by atoms with van der Waals surface area (Å²) in [4.78, 5) is 27.0. The highest BCUT2D eigenvalue weighted by molar-refractivity contribution is 7.64. The molecule has 0 aliphatic carbocycles. The van der Waals surface area contributed by atoms with Crippen LogP contribution in [0, 0.1) is 10.8 Å². The third kappa shape index (κ3) is 2.98. The molecule has 0 radical (unpaired) electrons. The van der Waals surface area contributed by atoms with Crippen molar-refractivity contribution in [1.29, 1.82) is 0 Å². The summed E-state index contributed by atoms with van der Waals surface area (Å²) in [6, 6.07) is 2.74. The molecule has 1 atom stereocenters. The second kappa shape index (κ2) is 5.47. The van der Waals surface area contributed by atoms with Crippen molar-refractivity contribution in [3.05, 3.63) is 21.9 Å². The van der Waals surface area contributed by atoms with Gasteiger partial charge in [-0.2, -0.15) is 0 Å². The molecule has 0 spiro atoms. The van der Waals surface area contributed by atoms with Crippen molar-refractivity contribution in [3.8, 4) is 11.5 Å². The lowest BCUT2D eigenvalue weighted by Crippen LogP contribution is -1.97. The highest BCUT2D eigenvalue weighted by atomic mass is 32.1. The molecule has 3 N–H and O–H groups in total. The quantitative estimate of drug-likeness (QED) is 0.647. The van der Waals surface area contributed by atoms with E-state index in [-0.39, 0.29) is 5.50 Å². The Labute approximate surface area is 119 Å². The first-order valence-electron chi connectivity index (χ1n) is 5.87. The molecule has 2 rings (SSSR count). The van der Waals surface area contributed by atoms with Gasteiger partial charge in [0.25, 0.3) is 0 Å². The van der Waals surface area contributed by atoms with E-state index in [1.54, 1.807) is 0 Å². The molecule has 0 bridgehead atoms. The molecular formula is C11H14N3O4PS. The lowest BCUT2D eigenvalue weighted by Gasteiger charge is -2.03. The smallest absolute Gasteiger partial charge is 0.413 e. The molecule has 0 saturated heterocycles. The van der Waals surface area contributed by atoms with Gasteiger partial charge in [-0.1, -0.05) is 13.8 Å². The highest BCUT2D eigenvalue weighted by Crippen LogP contribution is 2.42. The topological polar surface area (TPSA) is 119 Å². The molecule has 2 heterocycles. The van der Waals surface area contributed by atoms with Crippen LogP contribution in [0.5, 0.6) is 0 Å². The second-order valence-electron chi connectivity index (χ2n) is 4.69. The number of furan rings is 1. The van der Waals surface area contributed by atoms with E-state index in [0.29, 0.717) is 22.5 Å². The van der Waals surface area contributed by atoms with E-state index in [2.05, 4.69) is 23.8 Å². The number of nitroso groups, excluding NO2 is 1. The summed E-state index contributed by atoms with van der Waals surface area (Å²) in [5.41, 5.74) is 5.89. The van der Waals surface area contributed by atoms with Crippen molar-refractivity contribution in [1.82, 2.24) is 4.98 Å². The Kier molecular flexibility index (Phi) is 4.08. The first kappa shape index (κ1) is 14.9. The van der Waals surface area contributed by atoms with Crippen molar-refractivity contribution >= 4 is 29.5 Å². The monoisotopic (exact) mass is 315 g/mol. The van der Waals surface area contributed by atoms with Crippen LogP contribution in [0.3, 0.4) is 0 Å². The van der Waals surface area contributed by atoms with Gasteiger partial charge < -0.3 is 15.0 Å². The number of nitrogens with two attached hydrogens (primary N) is 1. The molecule has 2 aromatic rings. The van der Waals surface area contributed by atoms with Crippen LogP contribution < -0.4 is 11.2 Å². The summed E-state index contributed by atoms with van der Waals surface area (Å²) >= 11 is 1.35. The summed E-state index contributed by atoms with van der Waals surface area (Å²) in [7, 11) is -4.31. The van der Waals surface area contributed by atoms with Gasteiger partial charge in [-0.3, -0.25) is 4.57 Å². The third-order valence-corrected chi connectivity index (χ3v) is 4.47. The van der Waals surface area contributed by atoms with E-state index in [9.17, 15) is 14.4 Å². The number of hydrogen-bond acceptors (Lipinski definition) is 6. The van der Waals surface area contributed by atoms with Crippen molar-refractivity contribution < 1.29 is 13.9 Å². The molecule has 20 heavy (non-hydrogen) atoms. The number of nitrogens with zero attached hydrogens (tertiary/aromatic N) is 2. The summed E-state index contributed by atoms with van der Waals surface area (Å²) in [6.07, 6.45) is 0.767. The van der Waals surface area contributed by atoms with E-state index >= 15 is 0 Å². The minimum atomic E-state index is -4.31. The van der Waals surface area contributed by atoms with Gasteiger partial charge >= 0.3 is 7.52 Å². The lowest BCUT2D eigenvalue weighted by atomic mass is 10.1. The molecule has 2 aromatic heterocycles. The van der Waals surface area contributed by atoms with Crippen molar-refractivity contribution in [2.45, 2.75) is 20.3 Å². The number of nitrogen functional groups attached to an aromatic ring is 1. The molecule has 0 amide bonds. The maximum Gasteiger partial charge on any atom is 0.413 e. The molecule has 0 aliphatic rings. The fraction of sp³-hybridized carbons (Fsp3) is 0.364. The first-order chi connectivity index (χ1) is 9.33. The van der Waals surface area contributed by atoms with Gasteiger partial charge in [-0.05, 0) is 24.5 Å². The van der Waals surface area contributed by atoms with E-state index < -0.39 is 7.52 Å². The maximum atomic E-state index is 11.4. The molecule has 108 valence electrons. The summed E-state index contributed by atoms with van der Waals surface area (Å²) < 4.78 is 16.7. The van der Waals surface area contributed by atoms with E-state index in [4.69, 9.17) is 10.2 Å². The minimum absolute atomic E-state index is 0.307. The van der Waals surface area contributed by atoms with Crippen LogP contribution in [-0.4, -0.2) is 9.88 Å². The molecule has 0 saturated carbocycles. The van der Waals surface area contributed by atoms with Crippen LogP contribution in [-0.2, 0) is 11.0 Å². The number of rotatable bonds is 5. The van der Waals surface area contributed by atoms with Gasteiger partial charge in [0.15, 0.2) is 10.9 Å². The molecule has 0 fully saturated rings. The van der Waals surface area contributed by atoms with Gasteiger partial charge in [0, 0.05) is 9.82 Å². The van der Waals surface area contributed by atoms with Gasteiger partial charge in [0.1, 0.15) is 5.69 Å². The van der Waals surface area contributed by atoms with Crippen molar-refractivity contribution in [3.63, 3.8) is 0 Å². The van der Waals surface area contributed by atoms with Crippen LogP contribution in [0.15, 0.2) is 21.5 Å². The van der Waals surface area contributed by atoms with Gasteiger partial charge in [0.2, 0.25) is 5.50 Å². The fourth-order valence-corrected chi connectivity index (χ4v) is 3.34. The Morgan fingerprint density at radius 1 is 1.55 bits per heavy atom. The van der Waals surface area contributed by atoms with Crippen LogP contribution in [0.1, 0.15) is 18.7 Å². The Hall–Kier alpha value is -1.50. The van der Waals surface area contributed by atoms with E-state index in [0.717, 1.165) is 11.3 Å². The molecule has 1 unspecified atom stereocenters. The zero-order valence-corrected chi connectivity index (χ0v) is 12.6. The Bertz CT molecular complexity index is 679. The first-order valence-corrected chi connectivity index (χ1v) is 8.30. The summed E-state index contributed by atoms with van der Waals surface area (Å²) in [6.45, 7) is 4.12. The zero-order chi connectivity index (χ0) is 14.9. The largest absolute Gasteiger partial charge is 0.447 e. The Morgan fingerprint density at radius 2 is 2.25 bits per heavy atom. The molecule has 9 heteroatoms. The minimum Gasteiger partial charge on any atom is -0.447 e. The van der Waals surface area contributed by atoms with E-state index in [1.165, 1.54) is 23.5 Å². The van der Waals surface area contributed by atoms with Crippen LogP contribution in [0.25, 0.3) is 11.5 Å². The summed E-state index contributed by atoms with van der Waals surface area (Å²) in [5.74, 6) is 0.713. The third-order valence-electron chi connectivity index (χ3n) is 2.53. The predicted octanol–water partition coefficient (Wildman–Crippen LogP) is 2.76. The zero-order valence-electron chi connectivity index (χ0n) is 10.9. The summed E-state index contributed by atoms with van der Waals surface area (Å²) in [5, 5.41) is 0.397. The van der Waals surface area contributed by atoms with Crippen molar-refractivity contribution in [2.75, 3.05) is 5.73 Å². The van der Waals surface area contributed by atoms with Gasteiger partial charge in [0.05, 0.1) is 0 Å². The molecular weight excluding hydrogens is 301 g/mol. The predicted molar refractivity (Wildman–Crippen MR) is 78.0 cm³/mol. The van der Waals surface area contributed by atoms with Gasteiger partial charge in [-0.25, -0.2) is 4.98 Å². The number of anilines is 1.